The van der Waals surface area contributed by atoms with E-state index >= 15 is 0 Å². The van der Waals surface area contributed by atoms with Crippen molar-refractivity contribution in [3.05, 3.63) is 0 Å². The van der Waals surface area contributed by atoms with E-state index in [4.69, 9.17) is 0 Å². The van der Waals surface area contributed by atoms with Gasteiger partial charge in [-0.1, -0.05) is 34.1 Å². The van der Waals surface area contributed by atoms with Crippen molar-refractivity contribution < 1.29 is 28.5 Å². The van der Waals surface area contributed by atoms with Crippen molar-refractivity contribution >= 4 is 0 Å². The molecule has 15 heavy (non-hydrogen) atoms. The van der Waals surface area contributed by atoms with Crippen molar-refractivity contribution in [1.82, 2.24) is 0 Å². The van der Waals surface area contributed by atoms with E-state index in [-0.39, 0.29) is 24.0 Å². The maximum Gasteiger partial charge on any atom is 0.0786 e. The second kappa shape index (κ2) is 11.2. The lowest BCUT2D eigenvalue weighted by Gasteiger charge is -2.38. The van der Waals surface area contributed by atoms with E-state index in [0.29, 0.717) is 0 Å². The molecule has 0 bridgehead atoms. The van der Waals surface area contributed by atoms with E-state index in [1.54, 1.807) is 0 Å². The van der Waals surface area contributed by atoms with Crippen LogP contribution in [0.3, 0.4) is 0 Å². The Bertz CT molecular complexity index is 109. The van der Waals surface area contributed by atoms with Gasteiger partial charge in [0, 0.05) is 0 Å². The van der Waals surface area contributed by atoms with Gasteiger partial charge in [0.1, 0.15) is 0 Å². The number of halogens is 1. The van der Waals surface area contributed by atoms with Gasteiger partial charge in [0.25, 0.3) is 0 Å². The third-order valence-electron chi connectivity index (χ3n) is 3.08. The molecule has 0 N–H and O–H groups in total. The summed E-state index contributed by atoms with van der Waals surface area (Å²) in [6.07, 6.45) is 6.76. The lowest BCUT2D eigenvalue weighted by Crippen LogP contribution is -3.00. The molecule has 0 aliphatic rings. The van der Waals surface area contributed by atoms with Crippen LogP contribution >= 0.6 is 0 Å². The molecule has 2 heteroatoms. The molecule has 0 aliphatic heterocycles. The summed E-state index contributed by atoms with van der Waals surface area (Å²) in [5, 5.41) is 0. The number of hydrogen-bond acceptors (Lipinski definition) is 0. The van der Waals surface area contributed by atoms with Crippen molar-refractivity contribution in [1.29, 1.82) is 0 Å². The first-order chi connectivity index (χ1) is 6.74. The third-order valence-corrected chi connectivity index (χ3v) is 3.08. The topological polar surface area (TPSA) is 0 Å². The zero-order valence-electron chi connectivity index (χ0n) is 11.2. The molecule has 94 valence electrons. The van der Waals surface area contributed by atoms with Gasteiger partial charge < -0.3 is 28.5 Å². The van der Waals surface area contributed by atoms with Crippen molar-refractivity contribution in [2.75, 3.05) is 26.2 Å². The monoisotopic (exact) mass is 327 g/mol. The Balaban J connectivity index is 0. The normalized spacial score (nSPS) is 11.2. The molecule has 0 rings (SSSR count). The summed E-state index contributed by atoms with van der Waals surface area (Å²) < 4.78 is 1.39. The van der Waals surface area contributed by atoms with Gasteiger partial charge in [-0.25, -0.2) is 0 Å². The molecule has 0 unspecified atom stereocenters. The summed E-state index contributed by atoms with van der Waals surface area (Å²) in [6, 6.07) is 0. The minimum atomic E-state index is 0. The second-order valence-corrected chi connectivity index (χ2v) is 4.59. The lowest BCUT2D eigenvalue weighted by atomic mass is 10.2. The fraction of sp³-hybridized carbons (Fsp3) is 1.00. The average molecular weight is 327 g/mol. The number of rotatable bonds is 9. The third kappa shape index (κ3) is 7.56. The smallest absolute Gasteiger partial charge is 0.0786 e. The highest BCUT2D eigenvalue weighted by molar-refractivity contribution is 4.45. The van der Waals surface area contributed by atoms with Crippen molar-refractivity contribution in [2.24, 2.45) is 0 Å². The second-order valence-electron chi connectivity index (χ2n) is 4.59. The molecule has 0 atom stereocenters. The SMILES string of the molecule is CCCC[N+](CCC)(CCC)CCC.[I-]. The number of nitrogens with zero attached hydrogens (tertiary/aromatic N) is 1. The Hall–Kier alpha value is 0.690. The highest BCUT2D eigenvalue weighted by Gasteiger charge is 2.23. The summed E-state index contributed by atoms with van der Waals surface area (Å²) in [5.74, 6) is 0. The fourth-order valence-electron chi connectivity index (χ4n) is 2.59. The molecule has 0 fully saturated rings. The Morgan fingerprint density at radius 3 is 1.27 bits per heavy atom. The molecule has 0 aromatic carbocycles. The first-order valence-corrected chi connectivity index (χ1v) is 6.59. The van der Waals surface area contributed by atoms with Crippen LogP contribution in [0.5, 0.6) is 0 Å². The van der Waals surface area contributed by atoms with Gasteiger partial charge in [0.2, 0.25) is 0 Å². The molecule has 0 amide bonds. The molecular formula is C13H30IN. The lowest BCUT2D eigenvalue weighted by molar-refractivity contribution is -0.928. The van der Waals surface area contributed by atoms with Gasteiger partial charge in [-0.15, -0.1) is 0 Å². The first-order valence-electron chi connectivity index (χ1n) is 6.59. The summed E-state index contributed by atoms with van der Waals surface area (Å²) >= 11 is 0. The summed E-state index contributed by atoms with van der Waals surface area (Å²) in [7, 11) is 0. The highest BCUT2D eigenvalue weighted by Crippen LogP contribution is 2.13. The minimum absolute atomic E-state index is 0. The van der Waals surface area contributed by atoms with Gasteiger partial charge in [-0.05, 0) is 25.7 Å². The number of hydrogen-bond donors (Lipinski definition) is 0. The number of quaternary nitrogens is 1. The maximum absolute atomic E-state index is 2.32. The van der Waals surface area contributed by atoms with Crippen LogP contribution in [-0.4, -0.2) is 30.7 Å². The van der Waals surface area contributed by atoms with Crippen molar-refractivity contribution in [3.63, 3.8) is 0 Å². The Morgan fingerprint density at radius 1 is 0.600 bits per heavy atom. The molecule has 0 heterocycles. The molecule has 0 aromatic heterocycles. The molecule has 0 spiro atoms. The van der Waals surface area contributed by atoms with E-state index in [1.165, 1.54) is 62.8 Å². The van der Waals surface area contributed by atoms with Gasteiger partial charge in [0.05, 0.1) is 26.2 Å². The van der Waals surface area contributed by atoms with Crippen molar-refractivity contribution in [2.45, 2.75) is 59.8 Å². The zero-order chi connectivity index (χ0) is 10.9. The zero-order valence-corrected chi connectivity index (χ0v) is 13.3. The van der Waals surface area contributed by atoms with Crippen LogP contribution in [0.1, 0.15) is 59.8 Å². The van der Waals surface area contributed by atoms with Gasteiger partial charge >= 0.3 is 0 Å². The quantitative estimate of drug-likeness (QED) is 0.435. The Morgan fingerprint density at radius 2 is 1.00 bits per heavy atom. The molecule has 0 radical (unpaired) electrons. The summed E-state index contributed by atoms with van der Waals surface area (Å²) in [4.78, 5) is 0. The van der Waals surface area contributed by atoms with Crippen molar-refractivity contribution in [3.8, 4) is 0 Å². The summed E-state index contributed by atoms with van der Waals surface area (Å²) in [6.45, 7) is 14.9. The molecule has 0 saturated heterocycles. The van der Waals surface area contributed by atoms with Crippen LogP contribution < -0.4 is 24.0 Å². The van der Waals surface area contributed by atoms with E-state index in [0.717, 1.165) is 0 Å². The van der Waals surface area contributed by atoms with Crippen LogP contribution in [0.15, 0.2) is 0 Å². The molecule has 0 saturated carbocycles. The molecule has 1 nitrogen and oxygen atoms in total. The highest BCUT2D eigenvalue weighted by atomic mass is 127. The minimum Gasteiger partial charge on any atom is -1.00 e. The van der Waals surface area contributed by atoms with Crippen LogP contribution in [0.25, 0.3) is 0 Å². The van der Waals surface area contributed by atoms with E-state index in [9.17, 15) is 0 Å². The van der Waals surface area contributed by atoms with E-state index in [2.05, 4.69) is 27.7 Å². The molecule has 0 aromatic rings. The van der Waals surface area contributed by atoms with Crippen LogP contribution in [0, 0.1) is 0 Å². The summed E-state index contributed by atoms with van der Waals surface area (Å²) in [5.41, 5.74) is 0. The first kappa shape index (κ1) is 18.1. The Labute approximate surface area is 114 Å². The van der Waals surface area contributed by atoms with Crippen LogP contribution in [-0.2, 0) is 0 Å². The van der Waals surface area contributed by atoms with Gasteiger partial charge in [-0.2, -0.15) is 0 Å². The fourth-order valence-corrected chi connectivity index (χ4v) is 2.59. The molecular weight excluding hydrogens is 297 g/mol. The predicted octanol–water partition coefficient (Wildman–Crippen LogP) is 0.837. The predicted molar refractivity (Wildman–Crippen MR) is 65.5 cm³/mol. The number of unbranched alkanes of at least 4 members (excludes halogenated alkanes) is 1. The molecule has 0 aliphatic carbocycles. The largest absolute Gasteiger partial charge is 1.00 e. The van der Waals surface area contributed by atoms with Crippen LogP contribution in [0.2, 0.25) is 0 Å². The average Bonchev–Trinajstić information content (AvgIpc) is 2.16. The maximum atomic E-state index is 2.32. The van der Waals surface area contributed by atoms with E-state index in [1.807, 2.05) is 0 Å². The van der Waals surface area contributed by atoms with Gasteiger partial charge in [-0.3, -0.25) is 0 Å². The van der Waals surface area contributed by atoms with Crippen LogP contribution in [0.4, 0.5) is 0 Å². The van der Waals surface area contributed by atoms with Gasteiger partial charge in [0.15, 0.2) is 0 Å². The van der Waals surface area contributed by atoms with E-state index < -0.39 is 0 Å². The standard InChI is InChI=1S/C13H30N.HI/c1-5-9-13-14(10-6-2,11-7-3)12-8-4;/h5-13H2,1-4H3;1H/q+1;/p-1. The Kier molecular flexibility index (Phi) is 13.5.